The Morgan fingerprint density at radius 2 is 1.73 bits per heavy atom. The zero-order chi connectivity index (χ0) is 21.8. The SMILES string of the molecule is CCN(C)c1ccc(/C=C2/C(=O)NN(c3ccc(C(=O)OC(C)C)cc3)C2=O)cc1. The molecule has 0 aromatic heterocycles. The minimum Gasteiger partial charge on any atom is -0.459 e. The lowest BCUT2D eigenvalue weighted by atomic mass is 10.1. The van der Waals surface area contributed by atoms with Gasteiger partial charge >= 0.3 is 5.97 Å². The first-order chi connectivity index (χ1) is 14.3. The molecule has 0 bridgehead atoms. The number of anilines is 2. The van der Waals surface area contributed by atoms with Gasteiger partial charge in [0.2, 0.25) is 0 Å². The molecule has 1 aliphatic heterocycles. The van der Waals surface area contributed by atoms with Gasteiger partial charge in [-0.2, -0.15) is 0 Å². The van der Waals surface area contributed by atoms with Crippen molar-refractivity contribution in [1.82, 2.24) is 5.43 Å². The number of rotatable bonds is 6. The Morgan fingerprint density at radius 1 is 1.10 bits per heavy atom. The number of nitrogens with zero attached hydrogens (tertiary/aromatic N) is 2. The van der Waals surface area contributed by atoms with Crippen molar-refractivity contribution in [2.24, 2.45) is 0 Å². The van der Waals surface area contributed by atoms with Gasteiger partial charge in [-0.25, -0.2) is 9.80 Å². The summed E-state index contributed by atoms with van der Waals surface area (Å²) >= 11 is 0. The molecule has 1 heterocycles. The normalized spacial score (nSPS) is 15.0. The fraction of sp³-hybridized carbons (Fsp3) is 0.261. The van der Waals surface area contributed by atoms with Crippen LogP contribution < -0.4 is 15.3 Å². The van der Waals surface area contributed by atoms with Gasteiger partial charge in [-0.3, -0.25) is 15.0 Å². The minimum absolute atomic E-state index is 0.0508. The second-order valence-electron chi connectivity index (χ2n) is 7.25. The monoisotopic (exact) mass is 407 g/mol. The molecule has 0 atom stereocenters. The number of hydrazine groups is 1. The van der Waals surface area contributed by atoms with Crippen LogP contribution in [-0.4, -0.2) is 37.5 Å². The van der Waals surface area contributed by atoms with Crippen molar-refractivity contribution in [3.05, 3.63) is 65.2 Å². The Hall–Kier alpha value is -3.61. The third-order valence-corrected chi connectivity index (χ3v) is 4.71. The lowest BCUT2D eigenvalue weighted by Crippen LogP contribution is -2.35. The molecule has 2 amide bonds. The van der Waals surface area contributed by atoms with E-state index in [1.807, 2.05) is 31.3 Å². The molecule has 2 aromatic carbocycles. The van der Waals surface area contributed by atoms with Gasteiger partial charge in [0.15, 0.2) is 0 Å². The van der Waals surface area contributed by atoms with Gasteiger partial charge in [-0.05, 0) is 68.8 Å². The molecule has 0 aliphatic carbocycles. The molecule has 30 heavy (non-hydrogen) atoms. The van der Waals surface area contributed by atoms with Crippen LogP contribution in [0, 0.1) is 0 Å². The first kappa shape index (κ1) is 21.1. The Labute approximate surface area is 175 Å². The van der Waals surface area contributed by atoms with E-state index in [2.05, 4.69) is 17.2 Å². The van der Waals surface area contributed by atoms with E-state index in [1.54, 1.807) is 44.2 Å². The summed E-state index contributed by atoms with van der Waals surface area (Å²) in [4.78, 5) is 39.2. The maximum Gasteiger partial charge on any atom is 0.338 e. The van der Waals surface area contributed by atoms with E-state index < -0.39 is 17.8 Å². The molecule has 1 N–H and O–H groups in total. The van der Waals surface area contributed by atoms with Crippen LogP contribution in [0.4, 0.5) is 11.4 Å². The number of amides is 2. The molecule has 156 valence electrons. The number of esters is 1. The van der Waals surface area contributed by atoms with E-state index in [0.717, 1.165) is 17.8 Å². The quantitative estimate of drug-likeness (QED) is 0.452. The van der Waals surface area contributed by atoms with Crippen LogP contribution in [0.2, 0.25) is 0 Å². The van der Waals surface area contributed by atoms with Crippen molar-refractivity contribution in [1.29, 1.82) is 0 Å². The van der Waals surface area contributed by atoms with Crippen molar-refractivity contribution in [3.63, 3.8) is 0 Å². The van der Waals surface area contributed by atoms with Crippen molar-refractivity contribution < 1.29 is 19.1 Å². The Bertz CT molecular complexity index is 979. The molecule has 0 saturated carbocycles. The number of hydrogen-bond donors (Lipinski definition) is 1. The minimum atomic E-state index is -0.474. The molecule has 1 aliphatic rings. The van der Waals surface area contributed by atoms with Gasteiger partial charge < -0.3 is 9.64 Å². The number of benzene rings is 2. The number of carbonyl (C=O) groups is 3. The highest BCUT2D eigenvalue weighted by molar-refractivity contribution is 6.31. The van der Waals surface area contributed by atoms with Crippen LogP contribution in [0.3, 0.4) is 0 Å². The number of hydrogen-bond acceptors (Lipinski definition) is 5. The molecule has 7 nitrogen and oxygen atoms in total. The molecule has 0 unspecified atom stereocenters. The van der Waals surface area contributed by atoms with Crippen molar-refractivity contribution in [3.8, 4) is 0 Å². The third kappa shape index (κ3) is 4.51. The third-order valence-electron chi connectivity index (χ3n) is 4.71. The predicted octanol–water partition coefficient (Wildman–Crippen LogP) is 3.17. The standard InChI is InChI=1S/C23H25N3O4/c1-5-25(4)18-10-6-16(7-11-18)14-20-21(27)24-26(22(20)28)19-12-8-17(9-13-19)23(29)30-15(2)3/h6-15H,5H2,1-4H3,(H,24,27)/b20-14-. The van der Waals surface area contributed by atoms with Crippen LogP contribution in [0.25, 0.3) is 6.08 Å². The highest BCUT2D eigenvalue weighted by Crippen LogP contribution is 2.23. The summed E-state index contributed by atoms with van der Waals surface area (Å²) in [7, 11) is 1.99. The number of carbonyl (C=O) groups excluding carboxylic acids is 3. The first-order valence-corrected chi connectivity index (χ1v) is 9.79. The summed E-state index contributed by atoms with van der Waals surface area (Å²) in [5, 5.41) is 1.17. The second kappa shape index (κ2) is 8.82. The number of ether oxygens (including phenoxy) is 1. The van der Waals surface area contributed by atoms with E-state index in [0.29, 0.717) is 11.3 Å². The van der Waals surface area contributed by atoms with E-state index in [1.165, 1.54) is 5.01 Å². The zero-order valence-corrected chi connectivity index (χ0v) is 17.5. The van der Waals surface area contributed by atoms with Gasteiger partial charge in [-0.1, -0.05) is 12.1 Å². The van der Waals surface area contributed by atoms with E-state index in [-0.39, 0.29) is 11.7 Å². The lowest BCUT2D eigenvalue weighted by molar-refractivity contribution is -0.117. The Morgan fingerprint density at radius 3 is 2.30 bits per heavy atom. The predicted molar refractivity (Wildman–Crippen MR) is 116 cm³/mol. The van der Waals surface area contributed by atoms with Gasteiger partial charge in [0.05, 0.1) is 17.4 Å². The molecular weight excluding hydrogens is 382 g/mol. The molecular formula is C23H25N3O4. The summed E-state index contributed by atoms with van der Waals surface area (Å²) in [5.41, 5.74) is 5.26. The molecule has 0 radical (unpaired) electrons. The Kier molecular flexibility index (Phi) is 6.20. The van der Waals surface area contributed by atoms with E-state index >= 15 is 0 Å². The molecule has 7 heteroatoms. The first-order valence-electron chi connectivity index (χ1n) is 9.79. The van der Waals surface area contributed by atoms with Gasteiger partial charge in [0, 0.05) is 19.3 Å². The Balaban J connectivity index is 1.77. The second-order valence-corrected chi connectivity index (χ2v) is 7.25. The van der Waals surface area contributed by atoms with Gasteiger partial charge in [0.1, 0.15) is 5.57 Å². The van der Waals surface area contributed by atoms with Gasteiger partial charge in [0.25, 0.3) is 11.8 Å². The fourth-order valence-corrected chi connectivity index (χ4v) is 2.94. The summed E-state index contributed by atoms with van der Waals surface area (Å²) in [6.45, 7) is 6.48. The zero-order valence-electron chi connectivity index (χ0n) is 17.5. The van der Waals surface area contributed by atoms with Crippen LogP contribution in [0.1, 0.15) is 36.7 Å². The highest BCUT2D eigenvalue weighted by atomic mass is 16.5. The summed E-state index contributed by atoms with van der Waals surface area (Å²) in [6.07, 6.45) is 1.35. The molecule has 1 saturated heterocycles. The van der Waals surface area contributed by atoms with E-state index in [9.17, 15) is 14.4 Å². The van der Waals surface area contributed by atoms with Crippen LogP contribution in [0.5, 0.6) is 0 Å². The molecule has 3 rings (SSSR count). The largest absolute Gasteiger partial charge is 0.459 e. The number of nitrogens with one attached hydrogen (secondary N) is 1. The van der Waals surface area contributed by atoms with Crippen LogP contribution >= 0.6 is 0 Å². The van der Waals surface area contributed by atoms with Crippen LogP contribution in [-0.2, 0) is 14.3 Å². The topological polar surface area (TPSA) is 79.0 Å². The fourth-order valence-electron chi connectivity index (χ4n) is 2.94. The maximum atomic E-state index is 12.8. The molecule has 0 spiro atoms. The van der Waals surface area contributed by atoms with Crippen molar-refractivity contribution in [2.45, 2.75) is 26.9 Å². The average molecular weight is 407 g/mol. The van der Waals surface area contributed by atoms with Crippen molar-refractivity contribution >= 4 is 35.2 Å². The molecule has 1 fully saturated rings. The smallest absolute Gasteiger partial charge is 0.338 e. The highest BCUT2D eigenvalue weighted by Gasteiger charge is 2.34. The lowest BCUT2D eigenvalue weighted by Gasteiger charge is -2.16. The maximum absolute atomic E-state index is 12.8. The molecule has 2 aromatic rings. The average Bonchev–Trinajstić information content (AvgIpc) is 3.01. The van der Waals surface area contributed by atoms with E-state index in [4.69, 9.17) is 4.74 Å². The van der Waals surface area contributed by atoms with Gasteiger partial charge in [-0.15, -0.1) is 0 Å². The summed E-state index contributed by atoms with van der Waals surface area (Å²) in [5.74, 6) is -1.36. The summed E-state index contributed by atoms with van der Waals surface area (Å²) < 4.78 is 5.15. The van der Waals surface area contributed by atoms with Crippen molar-refractivity contribution in [2.75, 3.05) is 23.5 Å². The van der Waals surface area contributed by atoms with Crippen LogP contribution in [0.15, 0.2) is 54.1 Å². The summed E-state index contributed by atoms with van der Waals surface area (Å²) in [6, 6.07) is 13.9.